The first kappa shape index (κ1) is 21.2. The van der Waals surface area contributed by atoms with Crippen LogP contribution in [-0.2, 0) is 20.2 Å². The summed E-state index contributed by atoms with van der Waals surface area (Å²) in [6.07, 6.45) is 1.42. The summed E-state index contributed by atoms with van der Waals surface area (Å²) in [6, 6.07) is 5.21. The van der Waals surface area contributed by atoms with E-state index in [1.54, 1.807) is 0 Å². The topological polar surface area (TPSA) is 78.0 Å². The van der Waals surface area contributed by atoms with Crippen LogP contribution in [0.25, 0.3) is 0 Å². The van der Waals surface area contributed by atoms with Gasteiger partial charge in [-0.15, -0.1) is 0 Å². The van der Waals surface area contributed by atoms with Crippen molar-refractivity contribution in [3.63, 3.8) is 0 Å². The van der Waals surface area contributed by atoms with Crippen LogP contribution in [0.1, 0.15) is 26.7 Å². The van der Waals surface area contributed by atoms with E-state index in [1.165, 1.54) is 26.8 Å². The van der Waals surface area contributed by atoms with Crippen LogP contribution in [0.4, 0.5) is 4.39 Å². The summed E-state index contributed by atoms with van der Waals surface area (Å²) >= 11 is 0. The van der Waals surface area contributed by atoms with E-state index in [9.17, 15) is 21.2 Å². The summed E-state index contributed by atoms with van der Waals surface area (Å²) in [6.45, 7) is 4.81. The molecule has 26 heavy (non-hydrogen) atoms. The van der Waals surface area contributed by atoms with Crippen molar-refractivity contribution in [2.45, 2.75) is 31.6 Å². The van der Waals surface area contributed by atoms with Crippen LogP contribution in [0.2, 0.25) is 0 Å². The summed E-state index contributed by atoms with van der Waals surface area (Å²) in [5.41, 5.74) is 0. The van der Waals surface area contributed by atoms with Crippen molar-refractivity contribution in [2.24, 2.45) is 0 Å². The smallest absolute Gasteiger partial charge is 0.207 e. The molecular formula is C16H26FN3O4S2. The zero-order valence-electron chi connectivity index (χ0n) is 15.1. The molecule has 1 aliphatic heterocycles. The third kappa shape index (κ3) is 4.42. The van der Waals surface area contributed by atoms with Crippen LogP contribution in [0.5, 0.6) is 0 Å². The van der Waals surface area contributed by atoms with Gasteiger partial charge in [0.1, 0.15) is 10.7 Å². The fourth-order valence-corrected chi connectivity index (χ4v) is 6.20. The third-order valence-electron chi connectivity index (χ3n) is 4.25. The van der Waals surface area contributed by atoms with Crippen molar-refractivity contribution in [1.82, 2.24) is 12.9 Å². The highest BCUT2D eigenvalue weighted by Gasteiger charge is 2.36. The molecule has 0 unspecified atom stereocenters. The summed E-state index contributed by atoms with van der Waals surface area (Å²) in [5, 5.41) is 0. The lowest BCUT2D eigenvalue weighted by molar-refractivity contribution is 0.253. The molecule has 7 nitrogen and oxygen atoms in total. The molecule has 0 amide bonds. The normalized spacial score (nSPS) is 17.7. The number of piperazine rings is 1. The number of halogens is 1. The fraction of sp³-hybridized carbons (Fsp3) is 0.625. The van der Waals surface area contributed by atoms with Gasteiger partial charge in [0.25, 0.3) is 10.2 Å². The van der Waals surface area contributed by atoms with Crippen molar-refractivity contribution in [1.29, 1.82) is 0 Å². The average Bonchev–Trinajstić information content (AvgIpc) is 2.62. The third-order valence-corrected chi connectivity index (χ3v) is 8.22. The highest BCUT2D eigenvalue weighted by Crippen LogP contribution is 2.22. The molecular weight excluding hydrogens is 381 g/mol. The minimum absolute atomic E-state index is 0.00197. The zero-order chi connectivity index (χ0) is 19.4. The molecule has 1 saturated heterocycles. The van der Waals surface area contributed by atoms with Crippen LogP contribution in [0, 0.1) is 5.82 Å². The average molecular weight is 408 g/mol. The second kappa shape index (κ2) is 8.75. The molecule has 0 spiro atoms. The van der Waals surface area contributed by atoms with E-state index >= 15 is 0 Å². The van der Waals surface area contributed by atoms with Crippen molar-refractivity contribution >= 4 is 20.2 Å². The van der Waals surface area contributed by atoms with Crippen LogP contribution in [0.3, 0.4) is 0 Å². The molecule has 1 fully saturated rings. The molecule has 2 rings (SSSR count). The van der Waals surface area contributed by atoms with Gasteiger partial charge >= 0.3 is 0 Å². The number of nitrogens with zero attached hydrogens (tertiary/aromatic N) is 3. The van der Waals surface area contributed by atoms with Gasteiger partial charge in [0, 0.05) is 39.3 Å². The maximum absolute atomic E-state index is 13.9. The number of hydrogen-bond acceptors (Lipinski definition) is 4. The lowest BCUT2D eigenvalue weighted by atomic mass is 10.3. The number of sulfonamides is 1. The molecule has 0 saturated carbocycles. The highest BCUT2D eigenvalue weighted by molar-refractivity contribution is 7.89. The first-order valence-electron chi connectivity index (χ1n) is 8.75. The Morgan fingerprint density at radius 1 is 0.923 bits per heavy atom. The minimum Gasteiger partial charge on any atom is -0.207 e. The molecule has 0 aliphatic carbocycles. The van der Waals surface area contributed by atoms with Crippen molar-refractivity contribution < 1.29 is 21.2 Å². The predicted octanol–water partition coefficient (Wildman–Crippen LogP) is 1.50. The van der Waals surface area contributed by atoms with E-state index < -0.39 is 26.0 Å². The van der Waals surface area contributed by atoms with Gasteiger partial charge in [0.05, 0.1) is 0 Å². The van der Waals surface area contributed by atoms with Crippen molar-refractivity contribution in [3.05, 3.63) is 30.1 Å². The van der Waals surface area contributed by atoms with Gasteiger partial charge in [-0.05, 0) is 25.0 Å². The van der Waals surface area contributed by atoms with Gasteiger partial charge in [-0.3, -0.25) is 0 Å². The first-order valence-corrected chi connectivity index (χ1v) is 11.6. The molecule has 0 atom stereocenters. The molecule has 0 N–H and O–H groups in total. The quantitative estimate of drug-likeness (QED) is 0.654. The minimum atomic E-state index is -3.98. The Morgan fingerprint density at radius 3 is 1.92 bits per heavy atom. The van der Waals surface area contributed by atoms with Gasteiger partial charge in [-0.1, -0.05) is 26.0 Å². The van der Waals surface area contributed by atoms with Gasteiger partial charge in [0.15, 0.2) is 0 Å². The summed E-state index contributed by atoms with van der Waals surface area (Å²) in [5.74, 6) is -0.806. The molecule has 1 aliphatic rings. The molecule has 0 bridgehead atoms. The Balaban J connectivity index is 2.12. The van der Waals surface area contributed by atoms with Gasteiger partial charge in [0.2, 0.25) is 10.0 Å². The Bertz CT molecular complexity index is 801. The lowest BCUT2D eigenvalue weighted by Crippen LogP contribution is -2.54. The van der Waals surface area contributed by atoms with Crippen molar-refractivity contribution in [3.8, 4) is 0 Å². The standard InChI is InChI=1S/C16H26FN3O4S2/c1-3-9-19(10-4-2)26(23,24)20-13-11-18(12-14-20)25(21,22)16-8-6-5-7-15(16)17/h5-8H,3-4,9-14H2,1-2H3. The molecule has 1 aromatic rings. The maximum atomic E-state index is 13.9. The molecule has 10 heteroatoms. The summed E-state index contributed by atoms with van der Waals surface area (Å²) in [4.78, 5) is -0.380. The fourth-order valence-electron chi connectivity index (χ4n) is 2.94. The summed E-state index contributed by atoms with van der Waals surface area (Å²) in [7, 11) is -7.60. The number of hydrogen-bond donors (Lipinski definition) is 0. The largest absolute Gasteiger partial charge is 0.282 e. The van der Waals surface area contributed by atoms with Gasteiger partial charge < -0.3 is 0 Å². The van der Waals surface area contributed by atoms with Gasteiger partial charge in [-0.2, -0.15) is 21.3 Å². The van der Waals surface area contributed by atoms with Crippen LogP contribution in [-0.4, -0.2) is 69.0 Å². The molecule has 1 aromatic carbocycles. The Labute approximate surface area is 155 Å². The number of benzene rings is 1. The SMILES string of the molecule is CCCN(CCC)S(=O)(=O)N1CCN(S(=O)(=O)c2ccccc2F)CC1. The summed E-state index contributed by atoms with van der Waals surface area (Å²) < 4.78 is 68.5. The van der Waals surface area contributed by atoms with Gasteiger partial charge in [-0.25, -0.2) is 12.8 Å². The second-order valence-corrected chi connectivity index (χ2v) is 9.98. The van der Waals surface area contributed by atoms with Crippen molar-refractivity contribution in [2.75, 3.05) is 39.3 Å². The maximum Gasteiger partial charge on any atom is 0.282 e. The van der Waals surface area contributed by atoms with E-state index in [0.29, 0.717) is 25.9 Å². The Kier molecular flexibility index (Phi) is 7.14. The zero-order valence-corrected chi connectivity index (χ0v) is 16.8. The monoisotopic (exact) mass is 407 g/mol. The van der Waals surface area contributed by atoms with E-state index in [1.807, 2.05) is 13.8 Å². The van der Waals surface area contributed by atoms with E-state index in [4.69, 9.17) is 0 Å². The van der Waals surface area contributed by atoms with Crippen LogP contribution < -0.4 is 0 Å². The molecule has 1 heterocycles. The van der Waals surface area contributed by atoms with E-state index in [-0.39, 0.29) is 31.1 Å². The number of rotatable bonds is 8. The van der Waals surface area contributed by atoms with E-state index in [0.717, 1.165) is 10.4 Å². The molecule has 148 valence electrons. The highest BCUT2D eigenvalue weighted by atomic mass is 32.2. The molecule has 0 aromatic heterocycles. The molecule has 0 radical (unpaired) electrons. The Hall–Kier alpha value is -1.07. The van der Waals surface area contributed by atoms with Crippen LogP contribution >= 0.6 is 0 Å². The predicted molar refractivity (Wildman–Crippen MR) is 97.8 cm³/mol. The lowest BCUT2D eigenvalue weighted by Gasteiger charge is -2.36. The first-order chi connectivity index (χ1) is 12.2. The Morgan fingerprint density at radius 2 is 1.42 bits per heavy atom. The van der Waals surface area contributed by atoms with Crippen LogP contribution in [0.15, 0.2) is 29.2 Å². The van der Waals surface area contributed by atoms with E-state index in [2.05, 4.69) is 0 Å². The second-order valence-electron chi connectivity index (χ2n) is 6.14.